The highest BCUT2D eigenvalue weighted by molar-refractivity contribution is 6.04. The van der Waals surface area contributed by atoms with Crippen LogP contribution in [0.2, 0.25) is 0 Å². The Morgan fingerprint density at radius 1 is 1.04 bits per heavy atom. The van der Waals surface area contributed by atoms with Gasteiger partial charge >= 0.3 is 6.18 Å². The van der Waals surface area contributed by atoms with Crippen LogP contribution in [0.25, 0.3) is 0 Å². The molecule has 0 aromatic heterocycles. The molecule has 0 saturated heterocycles. The summed E-state index contributed by atoms with van der Waals surface area (Å²) in [7, 11) is 0. The lowest BCUT2D eigenvalue weighted by Gasteiger charge is -2.25. The molecule has 2 aromatic rings. The lowest BCUT2D eigenvalue weighted by atomic mass is 10.1. The summed E-state index contributed by atoms with van der Waals surface area (Å²) in [6, 6.07) is 12.6. The average molecular weight is 380 g/mol. The standard InChI is InChI=1S/C18H15F3N2O4/c19-18(20,21)10-22-16(24)11-5-1-2-6-12(11)23-17(25)15-9-26-13-7-3-4-8-14(13)27-15/h1-8,15H,9-10H2,(H,22,24)(H,23,25). The number of carbonyl (C=O) groups is 2. The Morgan fingerprint density at radius 2 is 1.70 bits per heavy atom. The number of carbonyl (C=O) groups excluding carboxylic acids is 2. The SMILES string of the molecule is O=C(NCC(F)(F)F)c1ccccc1NC(=O)C1COc2ccccc2O1. The van der Waals surface area contributed by atoms with Gasteiger partial charge in [-0.15, -0.1) is 0 Å². The van der Waals surface area contributed by atoms with Crippen LogP contribution in [-0.2, 0) is 4.79 Å². The number of benzene rings is 2. The zero-order valence-electron chi connectivity index (χ0n) is 13.9. The summed E-state index contributed by atoms with van der Waals surface area (Å²) in [6.07, 6.45) is -5.50. The lowest BCUT2D eigenvalue weighted by Crippen LogP contribution is -2.40. The molecule has 1 atom stereocenters. The van der Waals surface area contributed by atoms with Gasteiger partial charge in [0, 0.05) is 0 Å². The second kappa shape index (κ2) is 7.56. The van der Waals surface area contributed by atoms with Gasteiger partial charge in [-0.25, -0.2) is 0 Å². The van der Waals surface area contributed by atoms with Gasteiger partial charge in [0.25, 0.3) is 11.8 Å². The van der Waals surface area contributed by atoms with E-state index in [-0.39, 0.29) is 17.9 Å². The minimum absolute atomic E-state index is 0.0364. The molecule has 0 aliphatic carbocycles. The molecule has 9 heteroatoms. The van der Waals surface area contributed by atoms with Crippen LogP contribution in [0, 0.1) is 0 Å². The zero-order chi connectivity index (χ0) is 19.4. The topological polar surface area (TPSA) is 76.7 Å². The fourth-order valence-electron chi connectivity index (χ4n) is 2.43. The van der Waals surface area contributed by atoms with Gasteiger partial charge in [0.05, 0.1) is 11.3 Å². The van der Waals surface area contributed by atoms with E-state index < -0.39 is 30.6 Å². The molecule has 0 radical (unpaired) electrons. The Labute approximate surface area is 152 Å². The molecule has 2 N–H and O–H groups in total. The molecule has 0 bridgehead atoms. The molecule has 1 aliphatic heterocycles. The van der Waals surface area contributed by atoms with Gasteiger partial charge in [-0.1, -0.05) is 24.3 Å². The van der Waals surface area contributed by atoms with Crippen LogP contribution in [0.4, 0.5) is 18.9 Å². The van der Waals surface area contributed by atoms with Crippen molar-refractivity contribution in [3.63, 3.8) is 0 Å². The molecular formula is C18H15F3N2O4. The fourth-order valence-corrected chi connectivity index (χ4v) is 2.43. The van der Waals surface area contributed by atoms with Gasteiger partial charge < -0.3 is 20.1 Å². The third-order valence-electron chi connectivity index (χ3n) is 3.68. The number of alkyl halides is 3. The summed E-state index contributed by atoms with van der Waals surface area (Å²) in [4.78, 5) is 24.5. The van der Waals surface area contributed by atoms with Gasteiger partial charge in [0.2, 0.25) is 6.10 Å². The number of rotatable bonds is 4. The first-order valence-electron chi connectivity index (χ1n) is 7.97. The minimum Gasteiger partial charge on any atom is -0.485 e. The van der Waals surface area contributed by atoms with Crippen LogP contribution >= 0.6 is 0 Å². The highest BCUT2D eigenvalue weighted by Crippen LogP contribution is 2.31. The molecular weight excluding hydrogens is 365 g/mol. The first-order valence-corrected chi connectivity index (χ1v) is 7.97. The van der Waals surface area contributed by atoms with Gasteiger partial charge in [0.1, 0.15) is 13.2 Å². The summed E-state index contributed by atoms with van der Waals surface area (Å²) in [6.45, 7) is -1.50. The third-order valence-corrected chi connectivity index (χ3v) is 3.68. The highest BCUT2D eigenvalue weighted by atomic mass is 19.4. The van der Waals surface area contributed by atoms with E-state index in [2.05, 4.69) is 5.32 Å². The van der Waals surface area contributed by atoms with Gasteiger partial charge in [-0.05, 0) is 24.3 Å². The van der Waals surface area contributed by atoms with E-state index in [4.69, 9.17) is 9.47 Å². The quantitative estimate of drug-likeness (QED) is 0.855. The van der Waals surface area contributed by atoms with Crippen molar-refractivity contribution in [3.05, 3.63) is 54.1 Å². The molecule has 27 heavy (non-hydrogen) atoms. The number of ether oxygens (including phenoxy) is 2. The van der Waals surface area contributed by atoms with E-state index in [1.807, 2.05) is 0 Å². The molecule has 0 saturated carbocycles. The lowest BCUT2D eigenvalue weighted by molar-refractivity contribution is -0.125. The Morgan fingerprint density at radius 3 is 2.44 bits per heavy atom. The number of amides is 2. The number of hydrogen-bond acceptors (Lipinski definition) is 4. The van der Waals surface area contributed by atoms with E-state index >= 15 is 0 Å². The molecule has 142 valence electrons. The molecule has 1 heterocycles. The second-order valence-corrected chi connectivity index (χ2v) is 5.70. The van der Waals surface area contributed by atoms with Crippen molar-refractivity contribution in [2.45, 2.75) is 12.3 Å². The second-order valence-electron chi connectivity index (χ2n) is 5.70. The Hall–Kier alpha value is -3.23. The van der Waals surface area contributed by atoms with E-state index in [1.54, 1.807) is 35.6 Å². The first kappa shape index (κ1) is 18.6. The van der Waals surface area contributed by atoms with Crippen LogP contribution in [-0.4, -0.2) is 37.2 Å². The van der Waals surface area contributed by atoms with Gasteiger partial charge in [0.15, 0.2) is 11.5 Å². The van der Waals surface area contributed by atoms with Crippen molar-refractivity contribution in [3.8, 4) is 11.5 Å². The molecule has 2 aromatic carbocycles. The fraction of sp³-hybridized carbons (Fsp3) is 0.222. The molecule has 3 rings (SSSR count). The van der Waals surface area contributed by atoms with E-state index in [0.29, 0.717) is 11.5 Å². The predicted molar refractivity (Wildman–Crippen MR) is 89.8 cm³/mol. The van der Waals surface area contributed by atoms with Crippen molar-refractivity contribution >= 4 is 17.5 Å². The molecule has 6 nitrogen and oxygen atoms in total. The van der Waals surface area contributed by atoms with Crippen molar-refractivity contribution < 1.29 is 32.2 Å². The zero-order valence-corrected chi connectivity index (χ0v) is 13.9. The number of hydrogen-bond donors (Lipinski definition) is 2. The van der Waals surface area contributed by atoms with Crippen molar-refractivity contribution in [1.82, 2.24) is 5.32 Å². The maximum Gasteiger partial charge on any atom is 0.405 e. The Kier molecular flexibility index (Phi) is 5.20. The van der Waals surface area contributed by atoms with Crippen molar-refractivity contribution in [2.75, 3.05) is 18.5 Å². The van der Waals surface area contributed by atoms with E-state index in [9.17, 15) is 22.8 Å². The predicted octanol–water partition coefficient (Wildman–Crippen LogP) is 2.76. The third kappa shape index (κ3) is 4.69. The van der Waals surface area contributed by atoms with E-state index in [0.717, 1.165) is 0 Å². The maximum absolute atomic E-state index is 12.4. The smallest absolute Gasteiger partial charge is 0.405 e. The molecule has 0 spiro atoms. The monoisotopic (exact) mass is 380 g/mol. The van der Waals surface area contributed by atoms with Crippen LogP contribution in [0.3, 0.4) is 0 Å². The van der Waals surface area contributed by atoms with E-state index in [1.165, 1.54) is 18.2 Å². The number of nitrogens with one attached hydrogen (secondary N) is 2. The summed E-state index contributed by atoms with van der Waals surface area (Å²) >= 11 is 0. The summed E-state index contributed by atoms with van der Waals surface area (Å²) in [5, 5.41) is 4.28. The molecule has 2 amide bonds. The first-order chi connectivity index (χ1) is 12.8. The highest BCUT2D eigenvalue weighted by Gasteiger charge is 2.30. The molecule has 1 unspecified atom stereocenters. The maximum atomic E-state index is 12.4. The summed E-state index contributed by atoms with van der Waals surface area (Å²) in [5.74, 6) is -0.622. The number of para-hydroxylation sites is 3. The minimum atomic E-state index is -4.53. The molecule has 1 aliphatic rings. The Balaban J connectivity index is 1.69. The van der Waals surface area contributed by atoms with Crippen molar-refractivity contribution in [1.29, 1.82) is 0 Å². The number of halogens is 3. The van der Waals surface area contributed by atoms with Crippen LogP contribution in [0.15, 0.2) is 48.5 Å². The molecule has 0 fully saturated rings. The van der Waals surface area contributed by atoms with Crippen LogP contribution in [0.5, 0.6) is 11.5 Å². The largest absolute Gasteiger partial charge is 0.485 e. The number of fused-ring (bicyclic) bond motifs is 1. The Bertz CT molecular complexity index is 854. The number of anilines is 1. The van der Waals surface area contributed by atoms with Gasteiger partial charge in [-0.3, -0.25) is 9.59 Å². The average Bonchev–Trinajstić information content (AvgIpc) is 2.65. The summed E-state index contributed by atoms with van der Waals surface area (Å²) < 4.78 is 47.9. The van der Waals surface area contributed by atoms with Crippen LogP contribution in [0.1, 0.15) is 10.4 Å². The van der Waals surface area contributed by atoms with Crippen molar-refractivity contribution in [2.24, 2.45) is 0 Å². The summed E-state index contributed by atoms with van der Waals surface area (Å²) in [5.41, 5.74) is -0.0168. The van der Waals surface area contributed by atoms with Gasteiger partial charge in [-0.2, -0.15) is 13.2 Å². The normalized spacial score (nSPS) is 15.7. The van der Waals surface area contributed by atoms with Crippen LogP contribution < -0.4 is 20.1 Å².